The summed E-state index contributed by atoms with van der Waals surface area (Å²) in [6, 6.07) is 22.3. The van der Waals surface area contributed by atoms with Crippen molar-refractivity contribution in [2.24, 2.45) is 0 Å². The van der Waals surface area contributed by atoms with Crippen LogP contribution in [0.3, 0.4) is 0 Å². The van der Waals surface area contributed by atoms with Crippen molar-refractivity contribution in [3.8, 4) is 5.75 Å². The van der Waals surface area contributed by atoms with Gasteiger partial charge in [-0.25, -0.2) is 0 Å². The summed E-state index contributed by atoms with van der Waals surface area (Å²) in [5.74, 6) is 0.889. The largest absolute Gasteiger partial charge is 0.497 e. The van der Waals surface area contributed by atoms with Gasteiger partial charge < -0.3 is 9.64 Å². The fourth-order valence-corrected chi connectivity index (χ4v) is 4.74. The summed E-state index contributed by atoms with van der Waals surface area (Å²) < 4.78 is 5.26. The van der Waals surface area contributed by atoms with E-state index in [4.69, 9.17) is 39.5 Å². The highest BCUT2D eigenvalue weighted by Crippen LogP contribution is 2.36. The van der Waals surface area contributed by atoms with E-state index in [2.05, 4.69) is 34.1 Å². The second-order valence-corrected chi connectivity index (χ2v) is 9.04. The highest BCUT2D eigenvalue weighted by atomic mass is 35.5. The average molecular weight is 476 g/mol. The van der Waals surface area contributed by atoms with E-state index in [0.717, 1.165) is 49.1 Å². The predicted molar refractivity (Wildman–Crippen MR) is 131 cm³/mol. The molecule has 0 bridgehead atoms. The molecule has 0 aliphatic carbocycles. The van der Waals surface area contributed by atoms with Crippen LogP contribution < -0.4 is 9.64 Å². The maximum atomic E-state index is 6.57. The number of anilines is 1. The van der Waals surface area contributed by atoms with Gasteiger partial charge in [0.15, 0.2) is 0 Å². The van der Waals surface area contributed by atoms with Gasteiger partial charge in [-0.3, -0.25) is 4.90 Å². The van der Waals surface area contributed by atoms with Crippen LogP contribution in [0.15, 0.2) is 66.7 Å². The van der Waals surface area contributed by atoms with Crippen LogP contribution in [0.4, 0.5) is 5.69 Å². The molecule has 1 atom stereocenters. The molecule has 3 aromatic rings. The topological polar surface area (TPSA) is 15.7 Å². The Kier molecular flexibility index (Phi) is 7.29. The van der Waals surface area contributed by atoms with Crippen molar-refractivity contribution in [3.05, 3.63) is 92.9 Å². The Morgan fingerprint density at radius 1 is 0.871 bits per heavy atom. The summed E-state index contributed by atoms with van der Waals surface area (Å²) in [6.45, 7) is 3.77. The second-order valence-electron chi connectivity index (χ2n) is 7.76. The lowest BCUT2D eigenvalue weighted by molar-refractivity contribution is 0.226. The summed E-state index contributed by atoms with van der Waals surface area (Å²) in [5.41, 5.74) is 3.55. The van der Waals surface area contributed by atoms with E-state index < -0.39 is 0 Å². The lowest BCUT2D eigenvalue weighted by Gasteiger charge is -2.43. The molecule has 0 aromatic heterocycles. The minimum Gasteiger partial charge on any atom is -0.497 e. The summed E-state index contributed by atoms with van der Waals surface area (Å²) in [5, 5.41) is 2.07. The number of methoxy groups -OCH3 is 1. The fraction of sp³-hybridized carbons (Fsp3) is 0.280. The zero-order valence-electron chi connectivity index (χ0n) is 17.4. The van der Waals surface area contributed by atoms with Crippen LogP contribution in [-0.4, -0.2) is 38.2 Å². The lowest BCUT2D eigenvalue weighted by atomic mass is 10.0. The molecular formula is C25H25Cl3N2O. The van der Waals surface area contributed by atoms with Gasteiger partial charge in [-0.1, -0.05) is 59.1 Å². The molecule has 1 saturated heterocycles. The fourth-order valence-electron chi connectivity index (χ4n) is 4.09. The highest BCUT2D eigenvalue weighted by molar-refractivity contribution is 6.36. The Morgan fingerprint density at radius 3 is 2.26 bits per heavy atom. The number of nitrogens with zero attached hydrogens (tertiary/aromatic N) is 2. The van der Waals surface area contributed by atoms with E-state index in [9.17, 15) is 0 Å². The zero-order chi connectivity index (χ0) is 21.8. The maximum absolute atomic E-state index is 6.57. The van der Waals surface area contributed by atoms with Crippen molar-refractivity contribution in [1.29, 1.82) is 0 Å². The van der Waals surface area contributed by atoms with Crippen molar-refractivity contribution in [2.45, 2.75) is 12.5 Å². The van der Waals surface area contributed by atoms with Gasteiger partial charge in [0.25, 0.3) is 0 Å². The van der Waals surface area contributed by atoms with Crippen molar-refractivity contribution in [2.75, 3.05) is 38.2 Å². The Morgan fingerprint density at radius 2 is 1.58 bits per heavy atom. The number of piperazine rings is 1. The Hall–Kier alpha value is -1.91. The van der Waals surface area contributed by atoms with Crippen LogP contribution in [0.2, 0.25) is 15.1 Å². The Labute approximate surface area is 199 Å². The minimum absolute atomic E-state index is 0.181. The van der Waals surface area contributed by atoms with Crippen LogP contribution in [0.1, 0.15) is 17.2 Å². The first-order valence-electron chi connectivity index (χ1n) is 10.4. The van der Waals surface area contributed by atoms with Gasteiger partial charge in [0.1, 0.15) is 5.75 Å². The van der Waals surface area contributed by atoms with E-state index in [1.165, 1.54) is 11.1 Å². The third-order valence-corrected chi connectivity index (χ3v) is 6.60. The number of ether oxygens (including phenoxy) is 1. The SMILES string of the molecule is COc1ccc(CCN2CCN(c3ccc(Cl)cc3Cl)C(c3ccc(Cl)cc3)C2)cc1. The normalized spacial score (nSPS) is 17.0. The van der Waals surface area contributed by atoms with Crippen LogP contribution in [-0.2, 0) is 6.42 Å². The molecule has 3 nitrogen and oxygen atoms in total. The quantitative estimate of drug-likeness (QED) is 0.391. The summed E-state index contributed by atoms with van der Waals surface area (Å²) >= 11 is 18.9. The minimum atomic E-state index is 0.181. The smallest absolute Gasteiger partial charge is 0.118 e. The molecule has 3 aromatic carbocycles. The van der Waals surface area contributed by atoms with E-state index in [1.807, 2.05) is 42.5 Å². The molecule has 6 heteroatoms. The molecule has 0 spiro atoms. The third kappa shape index (κ3) is 5.48. The summed E-state index contributed by atoms with van der Waals surface area (Å²) in [4.78, 5) is 4.90. The monoisotopic (exact) mass is 474 g/mol. The molecule has 0 saturated carbocycles. The third-order valence-electron chi connectivity index (χ3n) is 5.81. The van der Waals surface area contributed by atoms with E-state index in [-0.39, 0.29) is 6.04 Å². The van der Waals surface area contributed by atoms with Crippen LogP contribution >= 0.6 is 34.8 Å². The first-order valence-corrected chi connectivity index (χ1v) is 11.5. The van der Waals surface area contributed by atoms with Crippen molar-refractivity contribution in [3.63, 3.8) is 0 Å². The molecule has 4 rings (SSSR count). The molecule has 0 amide bonds. The van der Waals surface area contributed by atoms with Crippen molar-refractivity contribution >= 4 is 40.5 Å². The number of hydrogen-bond acceptors (Lipinski definition) is 3. The van der Waals surface area contributed by atoms with E-state index in [1.54, 1.807) is 7.11 Å². The highest BCUT2D eigenvalue weighted by Gasteiger charge is 2.29. The van der Waals surface area contributed by atoms with Crippen LogP contribution in [0.25, 0.3) is 0 Å². The number of hydrogen-bond donors (Lipinski definition) is 0. The van der Waals surface area contributed by atoms with Gasteiger partial charge >= 0.3 is 0 Å². The zero-order valence-corrected chi connectivity index (χ0v) is 19.7. The molecule has 1 aliphatic heterocycles. The van der Waals surface area contributed by atoms with Gasteiger partial charge in [-0.2, -0.15) is 0 Å². The first kappa shape index (κ1) is 22.3. The van der Waals surface area contributed by atoms with Crippen molar-refractivity contribution in [1.82, 2.24) is 4.90 Å². The van der Waals surface area contributed by atoms with E-state index >= 15 is 0 Å². The lowest BCUT2D eigenvalue weighted by Crippen LogP contribution is -2.49. The second kappa shape index (κ2) is 10.1. The molecule has 162 valence electrons. The summed E-state index contributed by atoms with van der Waals surface area (Å²) in [7, 11) is 1.69. The predicted octanol–water partition coefficient (Wildman–Crippen LogP) is 6.76. The molecule has 1 aliphatic rings. The molecule has 31 heavy (non-hydrogen) atoms. The Balaban J connectivity index is 1.52. The molecule has 1 fully saturated rings. The molecule has 1 unspecified atom stereocenters. The van der Waals surface area contributed by atoms with Crippen LogP contribution in [0.5, 0.6) is 5.75 Å². The molecule has 1 heterocycles. The van der Waals surface area contributed by atoms with Gasteiger partial charge in [0.05, 0.1) is 23.9 Å². The van der Waals surface area contributed by atoms with Gasteiger partial charge in [0.2, 0.25) is 0 Å². The molecular weight excluding hydrogens is 451 g/mol. The molecule has 0 radical (unpaired) electrons. The first-order chi connectivity index (χ1) is 15.0. The summed E-state index contributed by atoms with van der Waals surface area (Å²) in [6.07, 6.45) is 0.999. The van der Waals surface area contributed by atoms with Crippen LogP contribution in [0, 0.1) is 0 Å². The molecule has 0 N–H and O–H groups in total. The number of rotatable bonds is 6. The number of halogens is 3. The Bertz CT molecular complexity index is 1010. The standard InChI is InChI=1S/C25H25Cl3N2O/c1-31-22-9-2-18(3-10-22)12-13-29-14-15-30(24-11-8-21(27)16-23(24)28)25(17-29)19-4-6-20(26)7-5-19/h2-11,16,25H,12-15,17H2,1H3. The van der Waals surface area contributed by atoms with E-state index in [0.29, 0.717) is 10.0 Å². The maximum Gasteiger partial charge on any atom is 0.118 e. The van der Waals surface area contributed by atoms with Gasteiger partial charge in [-0.15, -0.1) is 0 Å². The van der Waals surface area contributed by atoms with Gasteiger partial charge in [0, 0.05) is 36.2 Å². The van der Waals surface area contributed by atoms with Crippen molar-refractivity contribution < 1.29 is 4.74 Å². The van der Waals surface area contributed by atoms with Gasteiger partial charge in [-0.05, 0) is 60.0 Å². The number of benzene rings is 3. The average Bonchev–Trinajstić information content (AvgIpc) is 2.79.